The molecule has 1 aliphatic rings. The third-order valence-corrected chi connectivity index (χ3v) is 5.79. The molecule has 1 amide bonds. The molecule has 2 N–H and O–H groups in total. The number of carbonyl (C=O) groups is 1. The number of ether oxygens (including phenoxy) is 1. The molecule has 30 heavy (non-hydrogen) atoms. The summed E-state index contributed by atoms with van der Waals surface area (Å²) in [6.07, 6.45) is 5.15. The first-order valence-corrected chi connectivity index (χ1v) is 10.1. The highest BCUT2D eigenvalue weighted by Crippen LogP contribution is 2.26. The van der Waals surface area contributed by atoms with Crippen molar-refractivity contribution in [3.8, 4) is 17.0 Å². The van der Waals surface area contributed by atoms with E-state index < -0.39 is 0 Å². The molecule has 0 bridgehead atoms. The molecule has 2 heterocycles. The topological polar surface area (TPSA) is 76.6 Å². The molecule has 4 rings (SSSR count). The van der Waals surface area contributed by atoms with Gasteiger partial charge in [-0.05, 0) is 43.2 Å². The van der Waals surface area contributed by atoms with Gasteiger partial charge in [0.2, 0.25) is 0 Å². The summed E-state index contributed by atoms with van der Waals surface area (Å²) in [5.74, 6) is 0.857. The minimum atomic E-state index is -0.0776. The second kappa shape index (κ2) is 8.49. The number of aromatic nitrogens is 2. The van der Waals surface area contributed by atoms with Crippen molar-refractivity contribution in [1.82, 2.24) is 14.5 Å². The van der Waals surface area contributed by atoms with E-state index in [2.05, 4.69) is 22.0 Å². The SMILES string of the molecule is COc1ccc(N2CCC(N(C)C(=O)n3cnc(-c4ccccc4N)c3)CC2)cc1. The number of imidazole rings is 1. The molecule has 0 atom stereocenters. The second-order valence-corrected chi connectivity index (χ2v) is 7.56. The van der Waals surface area contributed by atoms with Gasteiger partial charge in [0.25, 0.3) is 0 Å². The van der Waals surface area contributed by atoms with Gasteiger partial charge in [0.15, 0.2) is 0 Å². The lowest BCUT2D eigenvalue weighted by Gasteiger charge is -2.37. The molecule has 1 fully saturated rings. The Hall–Kier alpha value is -3.48. The largest absolute Gasteiger partial charge is 0.497 e. The number of methoxy groups -OCH3 is 1. The van der Waals surface area contributed by atoms with Gasteiger partial charge in [-0.3, -0.25) is 4.57 Å². The average Bonchev–Trinajstić information content (AvgIpc) is 3.28. The van der Waals surface area contributed by atoms with Crippen LogP contribution in [-0.4, -0.2) is 53.8 Å². The number of nitrogens with two attached hydrogens (primary N) is 1. The average molecular weight is 406 g/mol. The standard InChI is InChI=1S/C23H27N5O2/c1-26(17-11-13-27(14-12-17)18-7-9-19(30-2)10-8-18)23(29)28-15-22(25-16-28)20-5-3-4-6-21(20)24/h3-10,15-17H,11-14,24H2,1-2H3. The van der Waals surface area contributed by atoms with Crippen LogP contribution in [0.15, 0.2) is 61.1 Å². The van der Waals surface area contributed by atoms with E-state index in [0.29, 0.717) is 11.4 Å². The number of benzene rings is 2. The van der Waals surface area contributed by atoms with Crippen molar-refractivity contribution in [2.24, 2.45) is 0 Å². The van der Waals surface area contributed by atoms with Crippen LogP contribution in [0.4, 0.5) is 16.2 Å². The van der Waals surface area contributed by atoms with Gasteiger partial charge in [0.1, 0.15) is 12.1 Å². The number of hydrogen-bond acceptors (Lipinski definition) is 5. The van der Waals surface area contributed by atoms with Gasteiger partial charge < -0.3 is 20.3 Å². The van der Waals surface area contributed by atoms with Gasteiger partial charge in [-0.2, -0.15) is 0 Å². The Morgan fingerprint density at radius 1 is 1.13 bits per heavy atom. The molecular weight excluding hydrogens is 378 g/mol. The maximum absolute atomic E-state index is 13.0. The third-order valence-electron chi connectivity index (χ3n) is 5.79. The molecule has 0 saturated carbocycles. The van der Waals surface area contributed by atoms with Crippen LogP contribution < -0.4 is 15.4 Å². The number of para-hydroxylation sites is 1. The Bertz CT molecular complexity index is 1010. The number of amides is 1. The summed E-state index contributed by atoms with van der Waals surface area (Å²) >= 11 is 0. The third kappa shape index (κ3) is 3.96. The minimum Gasteiger partial charge on any atom is -0.497 e. The molecule has 1 saturated heterocycles. The number of hydrogen-bond donors (Lipinski definition) is 1. The zero-order valence-corrected chi connectivity index (χ0v) is 17.4. The normalized spacial score (nSPS) is 14.5. The fourth-order valence-corrected chi connectivity index (χ4v) is 3.94. The first-order chi connectivity index (χ1) is 14.6. The van der Waals surface area contributed by atoms with Crippen molar-refractivity contribution in [3.63, 3.8) is 0 Å². The van der Waals surface area contributed by atoms with Crippen molar-refractivity contribution in [1.29, 1.82) is 0 Å². The summed E-state index contributed by atoms with van der Waals surface area (Å²) in [5, 5.41) is 0. The van der Waals surface area contributed by atoms with Gasteiger partial charge in [0.05, 0.1) is 12.8 Å². The molecule has 0 spiro atoms. The summed E-state index contributed by atoms with van der Waals surface area (Å²) in [4.78, 5) is 21.5. The van der Waals surface area contributed by atoms with Crippen molar-refractivity contribution >= 4 is 17.4 Å². The highest BCUT2D eigenvalue weighted by Gasteiger charge is 2.26. The number of nitrogen functional groups attached to an aromatic ring is 1. The van der Waals surface area contributed by atoms with Crippen LogP contribution in [0.5, 0.6) is 5.75 Å². The molecule has 2 aromatic carbocycles. The van der Waals surface area contributed by atoms with E-state index in [0.717, 1.165) is 37.2 Å². The van der Waals surface area contributed by atoms with Gasteiger partial charge >= 0.3 is 6.03 Å². The maximum Gasteiger partial charge on any atom is 0.329 e. The number of nitrogens with zero attached hydrogens (tertiary/aromatic N) is 4. The summed E-state index contributed by atoms with van der Waals surface area (Å²) in [7, 11) is 3.54. The zero-order chi connectivity index (χ0) is 21.1. The molecule has 1 aliphatic heterocycles. The summed E-state index contributed by atoms with van der Waals surface area (Å²) in [6.45, 7) is 1.81. The lowest BCUT2D eigenvalue weighted by molar-refractivity contribution is 0.181. The Morgan fingerprint density at radius 2 is 1.83 bits per heavy atom. The Balaban J connectivity index is 1.39. The fourth-order valence-electron chi connectivity index (χ4n) is 3.94. The van der Waals surface area contributed by atoms with Crippen LogP contribution in [0.2, 0.25) is 0 Å². The fraction of sp³-hybridized carbons (Fsp3) is 0.304. The lowest BCUT2D eigenvalue weighted by atomic mass is 10.0. The van der Waals surface area contributed by atoms with Crippen LogP contribution in [0.3, 0.4) is 0 Å². The van der Waals surface area contributed by atoms with Gasteiger partial charge in [-0.25, -0.2) is 9.78 Å². The van der Waals surface area contributed by atoms with Gasteiger partial charge in [-0.15, -0.1) is 0 Å². The Kier molecular flexibility index (Phi) is 5.61. The van der Waals surface area contributed by atoms with E-state index in [1.807, 2.05) is 48.3 Å². The van der Waals surface area contributed by atoms with E-state index >= 15 is 0 Å². The van der Waals surface area contributed by atoms with Gasteiger partial charge in [0, 0.05) is 49.3 Å². The lowest BCUT2D eigenvalue weighted by Crippen LogP contribution is -2.46. The Labute approximate surface area is 176 Å². The number of piperidine rings is 1. The van der Waals surface area contributed by atoms with Crippen LogP contribution in [0, 0.1) is 0 Å². The minimum absolute atomic E-state index is 0.0776. The monoisotopic (exact) mass is 405 g/mol. The molecule has 7 heteroatoms. The molecule has 7 nitrogen and oxygen atoms in total. The van der Waals surface area contributed by atoms with Crippen molar-refractivity contribution in [2.45, 2.75) is 18.9 Å². The van der Waals surface area contributed by atoms with E-state index in [4.69, 9.17) is 10.5 Å². The van der Waals surface area contributed by atoms with Crippen LogP contribution in [0.1, 0.15) is 12.8 Å². The number of anilines is 2. The first-order valence-electron chi connectivity index (χ1n) is 10.1. The summed E-state index contributed by atoms with van der Waals surface area (Å²) in [6, 6.07) is 15.8. The van der Waals surface area contributed by atoms with Crippen LogP contribution >= 0.6 is 0 Å². The van der Waals surface area contributed by atoms with Crippen molar-refractivity contribution in [2.75, 3.05) is 37.9 Å². The smallest absolute Gasteiger partial charge is 0.329 e. The molecular formula is C23H27N5O2. The quantitative estimate of drug-likeness (QED) is 0.670. The van der Waals surface area contributed by atoms with E-state index in [1.165, 1.54) is 10.3 Å². The molecule has 0 radical (unpaired) electrons. The van der Waals surface area contributed by atoms with E-state index in [1.54, 1.807) is 19.6 Å². The second-order valence-electron chi connectivity index (χ2n) is 7.56. The zero-order valence-electron chi connectivity index (χ0n) is 17.4. The maximum atomic E-state index is 13.0. The predicted octanol–water partition coefficient (Wildman–Crippen LogP) is 3.71. The predicted molar refractivity (Wildman–Crippen MR) is 119 cm³/mol. The van der Waals surface area contributed by atoms with Crippen LogP contribution in [-0.2, 0) is 0 Å². The number of carbonyl (C=O) groups excluding carboxylic acids is 1. The highest BCUT2D eigenvalue weighted by atomic mass is 16.5. The number of rotatable bonds is 4. The molecule has 0 aliphatic carbocycles. The van der Waals surface area contributed by atoms with E-state index in [-0.39, 0.29) is 12.1 Å². The molecule has 156 valence electrons. The van der Waals surface area contributed by atoms with Gasteiger partial charge in [-0.1, -0.05) is 18.2 Å². The highest BCUT2D eigenvalue weighted by molar-refractivity contribution is 5.80. The summed E-state index contributed by atoms with van der Waals surface area (Å²) < 4.78 is 6.77. The summed E-state index contributed by atoms with van der Waals surface area (Å²) in [5.41, 5.74) is 9.40. The van der Waals surface area contributed by atoms with Crippen molar-refractivity contribution < 1.29 is 9.53 Å². The molecule has 3 aromatic rings. The van der Waals surface area contributed by atoms with Crippen molar-refractivity contribution in [3.05, 3.63) is 61.1 Å². The van der Waals surface area contributed by atoms with E-state index in [9.17, 15) is 4.79 Å². The Morgan fingerprint density at radius 3 is 2.50 bits per heavy atom. The van der Waals surface area contributed by atoms with Crippen LogP contribution in [0.25, 0.3) is 11.3 Å². The first kappa shape index (κ1) is 19.8. The molecule has 1 aromatic heterocycles. The molecule has 0 unspecified atom stereocenters.